The standard InChI is InChI=1S/C19H19N3OS.CH2O2/c1-12-18(21-13(2)20-12)14-3-5-15(6-4-14)19(23)22-9-7-17-16(11-22)8-10-24-17;2-1-3/h3-6,8,10H,7,9,11H2,1-2H3,(H,20,21);1H,(H,2,3). The van der Waals surface area contributed by atoms with Gasteiger partial charge in [0.1, 0.15) is 5.82 Å². The van der Waals surface area contributed by atoms with Crippen LogP contribution in [0.4, 0.5) is 0 Å². The average molecular weight is 383 g/mol. The first kappa shape index (κ1) is 18.8. The third kappa shape index (κ3) is 4.09. The molecule has 3 heterocycles. The number of fused-ring (bicyclic) bond motifs is 1. The zero-order valence-corrected chi connectivity index (χ0v) is 16.0. The number of benzene rings is 1. The molecule has 1 aromatic carbocycles. The van der Waals surface area contributed by atoms with E-state index in [1.807, 2.05) is 43.0 Å². The van der Waals surface area contributed by atoms with Gasteiger partial charge < -0.3 is 15.0 Å². The number of carbonyl (C=O) groups is 2. The topological polar surface area (TPSA) is 86.3 Å². The summed E-state index contributed by atoms with van der Waals surface area (Å²) in [4.78, 5) is 32.2. The van der Waals surface area contributed by atoms with E-state index in [4.69, 9.17) is 9.90 Å². The predicted molar refractivity (Wildman–Crippen MR) is 105 cm³/mol. The molecule has 0 radical (unpaired) electrons. The minimum atomic E-state index is -0.250. The molecule has 1 amide bonds. The number of thiophene rings is 1. The molecule has 0 bridgehead atoms. The van der Waals surface area contributed by atoms with Crippen molar-refractivity contribution < 1.29 is 14.7 Å². The average Bonchev–Trinajstić information content (AvgIpc) is 3.27. The zero-order valence-electron chi connectivity index (χ0n) is 15.2. The highest BCUT2D eigenvalue weighted by Gasteiger charge is 2.22. The summed E-state index contributed by atoms with van der Waals surface area (Å²) in [7, 11) is 0. The molecule has 6 nitrogen and oxygen atoms in total. The van der Waals surface area contributed by atoms with Crippen molar-refractivity contribution in [2.24, 2.45) is 0 Å². The molecule has 1 aliphatic heterocycles. The number of nitrogens with one attached hydrogen (secondary N) is 1. The predicted octanol–water partition coefficient (Wildman–Crippen LogP) is 3.65. The first-order chi connectivity index (χ1) is 13.0. The maximum atomic E-state index is 12.8. The molecule has 4 rings (SSSR count). The van der Waals surface area contributed by atoms with Gasteiger partial charge in [0.25, 0.3) is 12.4 Å². The van der Waals surface area contributed by atoms with Crippen molar-refractivity contribution in [1.82, 2.24) is 14.9 Å². The summed E-state index contributed by atoms with van der Waals surface area (Å²) < 4.78 is 0. The molecule has 0 saturated carbocycles. The second-order valence-electron chi connectivity index (χ2n) is 6.32. The molecule has 0 saturated heterocycles. The van der Waals surface area contributed by atoms with E-state index >= 15 is 0 Å². The summed E-state index contributed by atoms with van der Waals surface area (Å²) in [6.07, 6.45) is 0.961. The molecule has 3 aromatic rings. The summed E-state index contributed by atoms with van der Waals surface area (Å²) in [5.74, 6) is 1.01. The van der Waals surface area contributed by atoms with Crippen LogP contribution in [-0.2, 0) is 17.8 Å². The van der Waals surface area contributed by atoms with Crippen molar-refractivity contribution in [2.75, 3.05) is 6.54 Å². The number of hydrogen-bond acceptors (Lipinski definition) is 4. The number of nitrogens with zero attached hydrogens (tertiary/aromatic N) is 2. The number of imidazole rings is 1. The first-order valence-corrected chi connectivity index (χ1v) is 9.47. The Morgan fingerprint density at radius 3 is 2.59 bits per heavy atom. The van der Waals surface area contributed by atoms with Crippen molar-refractivity contribution in [1.29, 1.82) is 0 Å². The van der Waals surface area contributed by atoms with Crippen molar-refractivity contribution in [3.05, 3.63) is 63.2 Å². The van der Waals surface area contributed by atoms with E-state index in [-0.39, 0.29) is 12.4 Å². The summed E-state index contributed by atoms with van der Waals surface area (Å²) in [6, 6.07) is 9.91. The van der Waals surface area contributed by atoms with Gasteiger partial charge in [-0.2, -0.15) is 0 Å². The molecule has 2 N–H and O–H groups in total. The molecule has 1 aliphatic rings. The Kier molecular flexibility index (Phi) is 5.71. The number of aromatic nitrogens is 2. The van der Waals surface area contributed by atoms with Gasteiger partial charge in [-0.05, 0) is 49.4 Å². The van der Waals surface area contributed by atoms with Gasteiger partial charge in [0, 0.05) is 34.8 Å². The minimum Gasteiger partial charge on any atom is -0.483 e. The van der Waals surface area contributed by atoms with Gasteiger partial charge in [-0.15, -0.1) is 11.3 Å². The van der Waals surface area contributed by atoms with Crippen LogP contribution in [-0.4, -0.2) is 38.9 Å². The Morgan fingerprint density at radius 2 is 1.96 bits per heavy atom. The second-order valence-corrected chi connectivity index (χ2v) is 7.32. The molecule has 27 heavy (non-hydrogen) atoms. The van der Waals surface area contributed by atoms with E-state index in [0.29, 0.717) is 0 Å². The summed E-state index contributed by atoms with van der Waals surface area (Å²) >= 11 is 1.79. The van der Waals surface area contributed by atoms with Crippen LogP contribution >= 0.6 is 11.3 Å². The van der Waals surface area contributed by atoms with Crippen LogP contribution in [0.15, 0.2) is 35.7 Å². The number of aryl methyl sites for hydroxylation is 2. The lowest BCUT2D eigenvalue weighted by Crippen LogP contribution is -2.35. The van der Waals surface area contributed by atoms with E-state index in [9.17, 15) is 4.79 Å². The number of carboxylic acid groups (broad SMARTS) is 1. The maximum absolute atomic E-state index is 12.8. The minimum absolute atomic E-state index is 0.105. The van der Waals surface area contributed by atoms with Crippen LogP contribution in [0.2, 0.25) is 0 Å². The van der Waals surface area contributed by atoms with Gasteiger partial charge in [-0.1, -0.05) is 12.1 Å². The van der Waals surface area contributed by atoms with Crippen molar-refractivity contribution >= 4 is 23.7 Å². The van der Waals surface area contributed by atoms with Crippen molar-refractivity contribution in [2.45, 2.75) is 26.8 Å². The number of aromatic amines is 1. The Morgan fingerprint density at radius 1 is 1.26 bits per heavy atom. The van der Waals surface area contributed by atoms with Gasteiger partial charge in [0.05, 0.1) is 5.69 Å². The zero-order chi connectivity index (χ0) is 19.4. The van der Waals surface area contributed by atoms with E-state index in [2.05, 4.69) is 21.4 Å². The Hall–Kier alpha value is -2.93. The lowest BCUT2D eigenvalue weighted by atomic mass is 10.1. The highest BCUT2D eigenvalue weighted by atomic mass is 32.1. The maximum Gasteiger partial charge on any atom is 0.290 e. The normalized spacial score (nSPS) is 12.7. The number of rotatable bonds is 2. The highest BCUT2D eigenvalue weighted by molar-refractivity contribution is 7.10. The van der Waals surface area contributed by atoms with E-state index in [1.165, 1.54) is 10.4 Å². The summed E-state index contributed by atoms with van der Waals surface area (Å²) in [5.41, 5.74) is 5.06. The van der Waals surface area contributed by atoms with Crippen LogP contribution in [0.1, 0.15) is 32.3 Å². The SMILES string of the molecule is Cc1nc(-c2ccc(C(=O)N3CCc4sccc4C3)cc2)c(C)[nH]1.O=CO. The number of carbonyl (C=O) groups excluding carboxylic acids is 1. The quantitative estimate of drug-likeness (QED) is 0.661. The molecule has 7 heteroatoms. The summed E-state index contributed by atoms with van der Waals surface area (Å²) in [5, 5.41) is 9.00. The lowest BCUT2D eigenvalue weighted by molar-refractivity contribution is -0.122. The third-order valence-corrected chi connectivity index (χ3v) is 5.53. The number of hydrogen-bond donors (Lipinski definition) is 2. The number of H-pyrrole nitrogens is 1. The Bertz CT molecular complexity index is 944. The molecular weight excluding hydrogens is 362 g/mol. The van der Waals surface area contributed by atoms with Crippen LogP contribution in [0.5, 0.6) is 0 Å². The number of amides is 1. The molecule has 0 spiro atoms. The van der Waals surface area contributed by atoms with E-state index in [1.54, 1.807) is 11.3 Å². The van der Waals surface area contributed by atoms with Gasteiger partial charge in [0.2, 0.25) is 0 Å². The second kappa shape index (κ2) is 8.18. The molecule has 0 atom stereocenters. The highest BCUT2D eigenvalue weighted by Crippen LogP contribution is 2.26. The fourth-order valence-electron chi connectivity index (χ4n) is 3.27. The van der Waals surface area contributed by atoms with Crippen LogP contribution in [0.3, 0.4) is 0 Å². The van der Waals surface area contributed by atoms with Crippen molar-refractivity contribution in [3.63, 3.8) is 0 Å². The monoisotopic (exact) mass is 383 g/mol. The van der Waals surface area contributed by atoms with Crippen LogP contribution in [0, 0.1) is 13.8 Å². The largest absolute Gasteiger partial charge is 0.483 e. The first-order valence-electron chi connectivity index (χ1n) is 8.59. The molecule has 2 aromatic heterocycles. The van der Waals surface area contributed by atoms with Gasteiger partial charge in [0.15, 0.2) is 0 Å². The molecule has 0 unspecified atom stereocenters. The molecule has 0 fully saturated rings. The lowest BCUT2D eigenvalue weighted by Gasteiger charge is -2.27. The Labute approximate surface area is 161 Å². The van der Waals surface area contributed by atoms with Crippen LogP contribution in [0.25, 0.3) is 11.3 Å². The molecular formula is C20H21N3O3S. The molecule has 0 aliphatic carbocycles. The molecule has 140 valence electrons. The van der Waals surface area contributed by atoms with Gasteiger partial charge in [-0.25, -0.2) is 4.98 Å². The smallest absolute Gasteiger partial charge is 0.290 e. The van der Waals surface area contributed by atoms with Crippen molar-refractivity contribution in [3.8, 4) is 11.3 Å². The third-order valence-electron chi connectivity index (χ3n) is 4.50. The summed E-state index contributed by atoms with van der Waals surface area (Å²) in [6.45, 7) is 5.23. The van der Waals surface area contributed by atoms with Crippen LogP contribution < -0.4 is 0 Å². The fraction of sp³-hybridized carbons (Fsp3) is 0.250. The fourth-order valence-corrected chi connectivity index (χ4v) is 4.16. The van der Waals surface area contributed by atoms with E-state index in [0.717, 1.165) is 47.8 Å². The Balaban J connectivity index is 0.000000659. The van der Waals surface area contributed by atoms with Gasteiger partial charge >= 0.3 is 0 Å². The van der Waals surface area contributed by atoms with E-state index < -0.39 is 0 Å². The van der Waals surface area contributed by atoms with Gasteiger partial charge in [-0.3, -0.25) is 9.59 Å².